The second-order valence-corrected chi connectivity index (χ2v) is 9.69. The molecule has 1 aliphatic carbocycles. The number of esters is 1. The quantitative estimate of drug-likeness (QED) is 0.378. The smallest absolute Gasteiger partial charge is 0.318 e. The number of piperidine rings is 3. The van der Waals surface area contributed by atoms with E-state index in [1.807, 2.05) is 36.4 Å². The fraction of sp³-hybridized carbons (Fsp3) is 0.333. The molecule has 2 aromatic carbocycles. The second kappa shape index (κ2) is 9.51. The molecule has 3 fully saturated rings. The summed E-state index contributed by atoms with van der Waals surface area (Å²) in [4.78, 5) is 34.3. The van der Waals surface area contributed by atoms with Crippen LogP contribution in [0.2, 0.25) is 0 Å². The van der Waals surface area contributed by atoms with Gasteiger partial charge in [-0.25, -0.2) is 9.97 Å². The van der Waals surface area contributed by atoms with Gasteiger partial charge in [-0.3, -0.25) is 9.59 Å². The van der Waals surface area contributed by atoms with Gasteiger partial charge in [0.05, 0.1) is 13.1 Å². The molecule has 4 heterocycles. The predicted octanol–water partition coefficient (Wildman–Crippen LogP) is 0.384. The van der Waals surface area contributed by atoms with Gasteiger partial charge in [-0.2, -0.15) is 0 Å². The summed E-state index contributed by atoms with van der Waals surface area (Å²) in [5.74, 6) is 0.229. The molecule has 2 bridgehead atoms. The van der Waals surface area contributed by atoms with Crippen molar-refractivity contribution in [2.75, 3.05) is 31.5 Å². The number of anilines is 1. The van der Waals surface area contributed by atoms with E-state index < -0.39 is 5.92 Å². The Morgan fingerprint density at radius 1 is 0.971 bits per heavy atom. The molecule has 180 valence electrons. The minimum Gasteiger partial charge on any atom is -1.00 e. The van der Waals surface area contributed by atoms with Crippen molar-refractivity contribution < 1.29 is 35.8 Å². The van der Waals surface area contributed by atoms with Crippen LogP contribution in [0.25, 0.3) is 11.1 Å². The van der Waals surface area contributed by atoms with Crippen molar-refractivity contribution in [1.82, 2.24) is 9.97 Å². The number of quaternary nitrogens is 1. The number of hydrogen-bond donors (Lipinski definition) is 1. The number of carbonyl (C=O) groups excluding carboxylic acids is 2. The van der Waals surface area contributed by atoms with E-state index in [4.69, 9.17) is 4.74 Å². The topological polar surface area (TPSA) is 81.2 Å². The van der Waals surface area contributed by atoms with Gasteiger partial charge in [0.1, 0.15) is 24.6 Å². The summed E-state index contributed by atoms with van der Waals surface area (Å²) in [7, 11) is 0. The van der Waals surface area contributed by atoms with Crippen LogP contribution < -0.4 is 22.3 Å². The lowest BCUT2D eigenvalue weighted by Crippen LogP contribution is -3.00. The SMILES string of the molecule is O=C(C[N+]12CCC(CC1)[C@@H](OC(=O)C1c3ccccc3-c3ccccc31)C2)Nc1ccncn1.[Br-]. The summed E-state index contributed by atoms with van der Waals surface area (Å²) in [6.45, 7) is 2.92. The molecule has 35 heavy (non-hydrogen) atoms. The van der Waals surface area contributed by atoms with Crippen LogP contribution in [0.1, 0.15) is 29.9 Å². The standard InChI is InChI=1S/C27H26N4O3.BrH/c32-25(30-24-9-12-28-17-29-24)16-31-13-10-18(11-14-31)23(15-31)34-27(33)26-21-7-3-1-5-19(21)20-6-2-4-8-22(20)26;/h1-9,12,17-18,23,26H,10-11,13-16H2;1H/t18?,23-,31?;/m0./s1. The van der Waals surface area contributed by atoms with Crippen molar-refractivity contribution in [3.05, 3.63) is 78.2 Å². The zero-order chi connectivity index (χ0) is 23.1. The van der Waals surface area contributed by atoms with Crippen LogP contribution in [0, 0.1) is 5.92 Å². The maximum absolute atomic E-state index is 13.6. The Morgan fingerprint density at radius 3 is 2.26 bits per heavy atom. The molecule has 3 aliphatic heterocycles. The molecule has 7 nitrogen and oxygen atoms in total. The summed E-state index contributed by atoms with van der Waals surface area (Å²) >= 11 is 0. The molecule has 0 radical (unpaired) electrons. The summed E-state index contributed by atoms with van der Waals surface area (Å²) in [6, 6.07) is 17.9. The van der Waals surface area contributed by atoms with Gasteiger partial charge in [-0.05, 0) is 28.3 Å². The molecular formula is C27H27BrN4O3. The number of carbonyl (C=O) groups is 2. The first-order valence-electron chi connectivity index (χ1n) is 11.9. The van der Waals surface area contributed by atoms with E-state index >= 15 is 0 Å². The number of halogens is 1. The van der Waals surface area contributed by atoms with Crippen LogP contribution in [-0.4, -0.2) is 58.6 Å². The average Bonchev–Trinajstić information content (AvgIpc) is 3.19. The lowest BCUT2D eigenvalue weighted by atomic mass is 9.83. The minimum absolute atomic E-state index is 0. The third kappa shape index (κ3) is 4.36. The normalized spacial score (nSPS) is 24.1. The number of aromatic nitrogens is 2. The first-order valence-corrected chi connectivity index (χ1v) is 11.9. The van der Waals surface area contributed by atoms with E-state index in [2.05, 4.69) is 27.4 Å². The van der Waals surface area contributed by atoms with E-state index in [-0.39, 0.29) is 35.0 Å². The van der Waals surface area contributed by atoms with Crippen molar-refractivity contribution >= 4 is 17.7 Å². The molecule has 1 N–H and O–H groups in total. The van der Waals surface area contributed by atoms with E-state index in [1.54, 1.807) is 12.3 Å². The molecule has 1 amide bonds. The highest BCUT2D eigenvalue weighted by Gasteiger charge is 2.49. The van der Waals surface area contributed by atoms with Crippen LogP contribution in [0.3, 0.4) is 0 Å². The van der Waals surface area contributed by atoms with Gasteiger partial charge < -0.3 is 31.5 Å². The first kappa shape index (κ1) is 23.6. The predicted molar refractivity (Wildman–Crippen MR) is 127 cm³/mol. The molecule has 0 spiro atoms. The largest absolute Gasteiger partial charge is 1.00 e. The van der Waals surface area contributed by atoms with Crippen LogP contribution >= 0.6 is 0 Å². The summed E-state index contributed by atoms with van der Waals surface area (Å²) in [5.41, 5.74) is 4.25. The Bertz CT molecular complexity index is 1200. The maximum Gasteiger partial charge on any atom is 0.318 e. The fourth-order valence-electron chi connectivity index (χ4n) is 6.06. The molecule has 4 aliphatic rings. The van der Waals surface area contributed by atoms with Crippen molar-refractivity contribution in [3.8, 4) is 11.1 Å². The number of fused-ring (bicyclic) bond motifs is 6. The number of amides is 1. The van der Waals surface area contributed by atoms with Gasteiger partial charge in [0.25, 0.3) is 5.91 Å². The van der Waals surface area contributed by atoms with Gasteiger partial charge >= 0.3 is 5.97 Å². The molecule has 0 unspecified atom stereocenters. The lowest BCUT2D eigenvalue weighted by Gasteiger charge is -2.51. The number of nitrogens with one attached hydrogen (secondary N) is 1. The summed E-state index contributed by atoms with van der Waals surface area (Å²) in [5, 5.41) is 2.87. The van der Waals surface area contributed by atoms with Gasteiger partial charge in [0.15, 0.2) is 12.6 Å². The highest BCUT2D eigenvalue weighted by atomic mass is 79.9. The van der Waals surface area contributed by atoms with E-state index in [0.29, 0.717) is 29.3 Å². The highest BCUT2D eigenvalue weighted by molar-refractivity contribution is 5.93. The summed E-state index contributed by atoms with van der Waals surface area (Å²) < 4.78 is 6.90. The Labute approximate surface area is 214 Å². The number of nitrogens with zero attached hydrogens (tertiary/aromatic N) is 3. The van der Waals surface area contributed by atoms with Crippen molar-refractivity contribution in [2.24, 2.45) is 5.92 Å². The van der Waals surface area contributed by atoms with Crippen LogP contribution in [0.15, 0.2) is 67.1 Å². The molecule has 3 saturated heterocycles. The van der Waals surface area contributed by atoms with E-state index in [9.17, 15) is 9.59 Å². The number of hydrogen-bond acceptors (Lipinski definition) is 5. The third-order valence-corrected chi connectivity index (χ3v) is 7.71. The number of ether oxygens (including phenoxy) is 1. The monoisotopic (exact) mass is 534 g/mol. The van der Waals surface area contributed by atoms with Crippen molar-refractivity contribution in [2.45, 2.75) is 24.9 Å². The Morgan fingerprint density at radius 2 is 1.63 bits per heavy atom. The van der Waals surface area contributed by atoms with E-state index in [0.717, 1.165) is 48.2 Å². The Kier molecular flexibility index (Phi) is 6.42. The van der Waals surface area contributed by atoms with Gasteiger partial charge in [-0.1, -0.05) is 48.5 Å². The number of benzene rings is 2. The van der Waals surface area contributed by atoms with Gasteiger partial charge in [0.2, 0.25) is 0 Å². The Hall–Kier alpha value is -3.10. The second-order valence-electron chi connectivity index (χ2n) is 9.69. The van der Waals surface area contributed by atoms with E-state index in [1.165, 1.54) is 6.33 Å². The maximum atomic E-state index is 13.6. The molecule has 7 rings (SSSR count). The lowest BCUT2D eigenvalue weighted by molar-refractivity contribution is -0.938. The molecular weight excluding hydrogens is 508 g/mol. The fourth-order valence-corrected chi connectivity index (χ4v) is 6.06. The van der Waals surface area contributed by atoms with Crippen molar-refractivity contribution in [1.29, 1.82) is 0 Å². The van der Waals surface area contributed by atoms with Crippen LogP contribution in [-0.2, 0) is 14.3 Å². The van der Waals surface area contributed by atoms with Gasteiger partial charge in [-0.15, -0.1) is 0 Å². The van der Waals surface area contributed by atoms with Crippen molar-refractivity contribution in [3.63, 3.8) is 0 Å². The first-order chi connectivity index (χ1) is 16.6. The minimum atomic E-state index is -0.391. The molecule has 8 heteroatoms. The van der Waals surface area contributed by atoms with Gasteiger partial charge in [0, 0.05) is 25.0 Å². The highest BCUT2D eigenvalue weighted by Crippen LogP contribution is 2.46. The summed E-state index contributed by atoms with van der Waals surface area (Å²) in [6.07, 6.45) is 4.80. The zero-order valence-electron chi connectivity index (χ0n) is 19.3. The van der Waals surface area contributed by atoms with Crippen LogP contribution in [0.4, 0.5) is 5.82 Å². The molecule has 3 aromatic rings. The number of rotatable bonds is 5. The molecule has 1 atom stereocenters. The molecule has 1 aromatic heterocycles. The Balaban J connectivity index is 0.00000253. The zero-order valence-corrected chi connectivity index (χ0v) is 20.9. The average molecular weight is 535 g/mol. The third-order valence-electron chi connectivity index (χ3n) is 7.71. The molecule has 0 saturated carbocycles. The van der Waals surface area contributed by atoms with Crippen LogP contribution in [0.5, 0.6) is 0 Å².